The number of rotatable bonds is 9. The molecule has 0 bridgehead atoms. The third-order valence-electron chi connectivity index (χ3n) is 3.82. The number of para-hydroxylation sites is 1. The van der Waals surface area contributed by atoms with Gasteiger partial charge in [0.15, 0.2) is 6.61 Å². The van der Waals surface area contributed by atoms with Crippen LogP contribution in [0.1, 0.15) is 30.6 Å². The minimum absolute atomic E-state index is 0.0802. The average Bonchev–Trinajstić information content (AvgIpc) is 2.71. The minimum atomic E-state index is -0.588. The van der Waals surface area contributed by atoms with Gasteiger partial charge >= 0.3 is 0 Å². The lowest BCUT2D eigenvalue weighted by molar-refractivity contribution is -0.384. The van der Waals surface area contributed by atoms with Gasteiger partial charge in [0, 0.05) is 12.1 Å². The number of nitrogens with one attached hydrogen (secondary N) is 2. The molecule has 0 heterocycles. The van der Waals surface area contributed by atoms with Crippen molar-refractivity contribution in [3.8, 4) is 11.5 Å². The van der Waals surface area contributed by atoms with Crippen LogP contribution in [0.3, 0.4) is 0 Å². The number of nitrogens with zero attached hydrogens (tertiary/aromatic N) is 1. The molecular formula is C20H23N3O6. The van der Waals surface area contributed by atoms with E-state index in [1.165, 1.54) is 24.3 Å². The molecule has 154 valence electrons. The van der Waals surface area contributed by atoms with Gasteiger partial charge in [0.1, 0.15) is 11.5 Å². The van der Waals surface area contributed by atoms with E-state index in [2.05, 4.69) is 24.7 Å². The number of ether oxygens (including phenoxy) is 2. The summed E-state index contributed by atoms with van der Waals surface area (Å²) in [5, 5.41) is 10.6. The summed E-state index contributed by atoms with van der Waals surface area (Å²) in [6, 6.07) is 12.1. The fourth-order valence-electron chi connectivity index (χ4n) is 2.23. The van der Waals surface area contributed by atoms with E-state index < -0.39 is 16.7 Å². The van der Waals surface area contributed by atoms with Crippen LogP contribution in [0.15, 0.2) is 48.5 Å². The van der Waals surface area contributed by atoms with Crippen molar-refractivity contribution in [3.05, 3.63) is 64.2 Å². The van der Waals surface area contributed by atoms with Crippen molar-refractivity contribution in [2.24, 2.45) is 5.92 Å². The van der Waals surface area contributed by atoms with Crippen LogP contribution in [0, 0.1) is 16.0 Å². The molecule has 2 amide bonds. The maximum Gasteiger partial charge on any atom is 0.276 e. The highest BCUT2D eigenvalue weighted by Crippen LogP contribution is 2.19. The molecule has 29 heavy (non-hydrogen) atoms. The number of non-ortho nitro benzene ring substituents is 1. The summed E-state index contributed by atoms with van der Waals surface area (Å²) in [7, 11) is 0. The Kier molecular flexibility index (Phi) is 7.96. The second-order valence-corrected chi connectivity index (χ2v) is 6.57. The number of nitro benzene ring substituents is 1. The van der Waals surface area contributed by atoms with Gasteiger partial charge in [0.2, 0.25) is 0 Å². The van der Waals surface area contributed by atoms with Crippen LogP contribution < -0.4 is 20.3 Å². The van der Waals surface area contributed by atoms with Gasteiger partial charge in [-0.3, -0.25) is 30.6 Å². The number of hydrogen-bond donors (Lipinski definition) is 2. The number of amides is 2. The lowest BCUT2D eigenvalue weighted by atomic mass is 10.1. The first-order valence-corrected chi connectivity index (χ1v) is 9.05. The zero-order valence-electron chi connectivity index (χ0n) is 16.2. The van der Waals surface area contributed by atoms with E-state index in [1.54, 1.807) is 24.3 Å². The summed E-state index contributed by atoms with van der Waals surface area (Å²) in [4.78, 5) is 34.3. The zero-order valence-corrected chi connectivity index (χ0v) is 16.2. The van der Waals surface area contributed by atoms with E-state index in [0.717, 1.165) is 6.42 Å². The van der Waals surface area contributed by atoms with Gasteiger partial charge in [-0.1, -0.05) is 26.0 Å². The normalized spacial score (nSPS) is 10.3. The number of hydrazine groups is 1. The van der Waals surface area contributed by atoms with Crippen molar-refractivity contribution < 1.29 is 24.0 Å². The lowest BCUT2D eigenvalue weighted by Crippen LogP contribution is -2.43. The molecule has 0 atom stereocenters. The van der Waals surface area contributed by atoms with Crippen LogP contribution in [0.5, 0.6) is 11.5 Å². The number of benzene rings is 2. The van der Waals surface area contributed by atoms with E-state index in [9.17, 15) is 19.7 Å². The molecule has 9 nitrogen and oxygen atoms in total. The van der Waals surface area contributed by atoms with Crippen molar-refractivity contribution >= 4 is 17.5 Å². The Morgan fingerprint density at radius 2 is 1.72 bits per heavy atom. The number of hydrogen-bond acceptors (Lipinski definition) is 6. The largest absolute Gasteiger partial charge is 0.493 e. The molecule has 0 radical (unpaired) electrons. The molecule has 0 saturated carbocycles. The van der Waals surface area contributed by atoms with E-state index in [-0.39, 0.29) is 12.3 Å². The van der Waals surface area contributed by atoms with Crippen molar-refractivity contribution in [3.63, 3.8) is 0 Å². The van der Waals surface area contributed by atoms with Gasteiger partial charge in [0.25, 0.3) is 17.5 Å². The van der Waals surface area contributed by atoms with Crippen molar-refractivity contribution in [1.29, 1.82) is 0 Å². The van der Waals surface area contributed by atoms with Gasteiger partial charge < -0.3 is 9.47 Å². The van der Waals surface area contributed by atoms with Crippen LogP contribution in [0.4, 0.5) is 5.69 Å². The monoisotopic (exact) mass is 401 g/mol. The van der Waals surface area contributed by atoms with Crippen LogP contribution in [-0.2, 0) is 4.79 Å². The Morgan fingerprint density at radius 3 is 2.38 bits per heavy atom. The van der Waals surface area contributed by atoms with Crippen molar-refractivity contribution in [2.75, 3.05) is 13.2 Å². The molecule has 0 aliphatic carbocycles. The maximum absolute atomic E-state index is 12.3. The van der Waals surface area contributed by atoms with Crippen LogP contribution >= 0.6 is 0 Å². The molecule has 0 saturated heterocycles. The predicted molar refractivity (Wildman–Crippen MR) is 106 cm³/mol. The minimum Gasteiger partial charge on any atom is -0.493 e. The van der Waals surface area contributed by atoms with E-state index in [0.29, 0.717) is 29.6 Å². The molecule has 0 fully saturated rings. The van der Waals surface area contributed by atoms with Crippen LogP contribution in [-0.4, -0.2) is 30.0 Å². The summed E-state index contributed by atoms with van der Waals surface area (Å²) in [6.07, 6.45) is 0.854. The van der Waals surface area contributed by atoms with Crippen molar-refractivity contribution in [2.45, 2.75) is 20.3 Å². The topological polar surface area (TPSA) is 120 Å². The standard InChI is InChI=1S/C20H23N3O6/c1-14(2)11-12-28-18-6-4-3-5-17(18)20(25)22-21-19(24)13-29-16-9-7-15(8-10-16)23(26)27/h3-10,14H,11-13H2,1-2H3,(H,21,24)(H,22,25). The first-order chi connectivity index (χ1) is 13.9. The Morgan fingerprint density at radius 1 is 1.03 bits per heavy atom. The SMILES string of the molecule is CC(C)CCOc1ccccc1C(=O)NNC(=O)COc1ccc([N+](=O)[O-])cc1. The van der Waals surface area contributed by atoms with Gasteiger partial charge in [0.05, 0.1) is 17.1 Å². The van der Waals surface area contributed by atoms with Gasteiger partial charge in [-0.05, 0) is 36.6 Å². The maximum atomic E-state index is 12.3. The molecule has 2 aromatic carbocycles. The average molecular weight is 401 g/mol. The summed E-state index contributed by atoms with van der Waals surface area (Å²) < 4.78 is 10.9. The molecular weight excluding hydrogens is 378 g/mol. The fourth-order valence-corrected chi connectivity index (χ4v) is 2.23. The van der Waals surface area contributed by atoms with Gasteiger partial charge in [-0.15, -0.1) is 0 Å². The Hall–Kier alpha value is -3.62. The number of carbonyl (C=O) groups is 2. The summed E-state index contributed by atoms with van der Waals surface area (Å²) in [5.74, 6) is 0.0952. The molecule has 0 unspecified atom stereocenters. The van der Waals surface area contributed by atoms with Gasteiger partial charge in [-0.25, -0.2) is 0 Å². The first-order valence-electron chi connectivity index (χ1n) is 9.05. The molecule has 0 spiro atoms. The smallest absolute Gasteiger partial charge is 0.276 e. The molecule has 9 heteroatoms. The molecule has 0 aliphatic rings. The predicted octanol–water partition coefficient (Wildman–Crippen LogP) is 2.86. The second-order valence-electron chi connectivity index (χ2n) is 6.57. The molecule has 0 aliphatic heterocycles. The molecule has 0 aromatic heterocycles. The number of nitro groups is 1. The quantitative estimate of drug-likeness (QED) is 0.492. The fraction of sp³-hybridized carbons (Fsp3) is 0.300. The van der Waals surface area contributed by atoms with Gasteiger partial charge in [-0.2, -0.15) is 0 Å². The van der Waals surface area contributed by atoms with Crippen LogP contribution in [0.2, 0.25) is 0 Å². The first kappa shape index (κ1) is 21.7. The Bertz CT molecular complexity index is 852. The highest BCUT2D eigenvalue weighted by molar-refractivity contribution is 5.97. The third-order valence-corrected chi connectivity index (χ3v) is 3.82. The molecule has 2 aromatic rings. The van der Waals surface area contributed by atoms with E-state index in [1.807, 2.05) is 0 Å². The highest BCUT2D eigenvalue weighted by atomic mass is 16.6. The van der Waals surface area contributed by atoms with Crippen molar-refractivity contribution in [1.82, 2.24) is 10.9 Å². The third kappa shape index (κ3) is 7.13. The van der Waals surface area contributed by atoms with E-state index in [4.69, 9.17) is 9.47 Å². The van der Waals surface area contributed by atoms with Crippen LogP contribution in [0.25, 0.3) is 0 Å². The Labute approximate surface area is 168 Å². The molecule has 2 N–H and O–H groups in total. The number of carbonyl (C=O) groups excluding carboxylic acids is 2. The zero-order chi connectivity index (χ0) is 21.2. The lowest BCUT2D eigenvalue weighted by Gasteiger charge is -2.13. The van der Waals surface area contributed by atoms with E-state index >= 15 is 0 Å². The summed E-state index contributed by atoms with van der Waals surface area (Å²) in [6.45, 7) is 4.27. The Balaban J connectivity index is 1.82. The summed E-state index contributed by atoms with van der Waals surface area (Å²) >= 11 is 0. The second kappa shape index (κ2) is 10.6. The summed E-state index contributed by atoms with van der Waals surface area (Å²) in [5.41, 5.74) is 4.78. The molecule has 2 rings (SSSR count). The highest BCUT2D eigenvalue weighted by Gasteiger charge is 2.13.